The number of fused-ring (bicyclic) bond motifs is 10. The van der Waals surface area contributed by atoms with Crippen LogP contribution in [0.25, 0.3) is 0 Å². The summed E-state index contributed by atoms with van der Waals surface area (Å²) in [4.78, 5) is 25.1. The maximum absolute atomic E-state index is 12.9. The summed E-state index contributed by atoms with van der Waals surface area (Å²) in [6.07, 6.45) is 10.4. The molecule has 0 aromatic carbocycles. The summed E-state index contributed by atoms with van der Waals surface area (Å²) in [5, 5.41) is 0. The minimum absolute atomic E-state index is 0. The Morgan fingerprint density at radius 3 is 2.61 bits per heavy atom. The zero-order chi connectivity index (χ0) is 17.6. The number of carbonyl (C=O) groups is 2. The van der Waals surface area contributed by atoms with Crippen molar-refractivity contribution in [1.82, 2.24) is 0 Å². The van der Waals surface area contributed by atoms with E-state index in [1.807, 2.05) is 0 Å². The molecule has 1 aliphatic heterocycles. The van der Waals surface area contributed by atoms with Gasteiger partial charge in [-0.3, -0.25) is 9.59 Å². The van der Waals surface area contributed by atoms with Crippen LogP contribution in [0.1, 0.15) is 39.0 Å². The first-order chi connectivity index (χ1) is 12.6. The molecule has 5 aliphatic carbocycles. The molecule has 6 aliphatic rings. The summed E-state index contributed by atoms with van der Waals surface area (Å²) < 4.78 is 11.2. The van der Waals surface area contributed by atoms with E-state index in [-0.39, 0.29) is 153 Å². The number of esters is 2. The largest absolute Gasteiger partial charge is 1.00 e. The zero-order valence-electron chi connectivity index (χ0n) is 17.2. The average Bonchev–Trinajstić information content (AvgIpc) is 3.40. The molecule has 140 valence electrons. The van der Waals surface area contributed by atoms with Crippen molar-refractivity contribution in [1.29, 1.82) is 0 Å². The van der Waals surface area contributed by atoms with E-state index in [4.69, 9.17) is 9.47 Å². The van der Waals surface area contributed by atoms with Crippen LogP contribution in [0.3, 0.4) is 0 Å². The number of hydrogen-bond acceptors (Lipinski definition) is 4. The smallest absolute Gasteiger partial charge is 0.489 e. The van der Waals surface area contributed by atoms with Gasteiger partial charge in [-0.05, 0) is 37.5 Å². The number of ether oxygens (including phenoxy) is 2. The van der Waals surface area contributed by atoms with Crippen molar-refractivity contribution in [2.45, 2.75) is 45.1 Å². The first-order valence-electron chi connectivity index (χ1n) is 10.4. The van der Waals surface area contributed by atoms with Gasteiger partial charge in [-0.15, -0.1) is 6.42 Å². The number of hydrogen-bond donors (Lipinski definition) is 0. The van der Waals surface area contributed by atoms with E-state index in [9.17, 15) is 9.59 Å². The van der Waals surface area contributed by atoms with Crippen LogP contribution in [0.15, 0.2) is 12.2 Å². The molecular weight excluding hydrogens is 499 g/mol. The molecule has 1 saturated heterocycles. The third-order valence-electron chi connectivity index (χ3n) is 8.58. The Hall–Kier alpha value is 2.16. The van der Waals surface area contributed by atoms with E-state index in [2.05, 4.69) is 19.1 Å². The van der Waals surface area contributed by atoms with Gasteiger partial charge in [0.2, 0.25) is 0 Å². The summed E-state index contributed by atoms with van der Waals surface area (Å²) in [6, 6.07) is 0. The SMILES string of the molecule is C[C-]1[C-](C(=O)OC[C@@H]2C(=O)O[C@@H]3CCC[C@H]23)C2CC1C1C3C=CC(C3)C21.[Rb+].[Rb+]. The maximum Gasteiger partial charge on any atom is 1.00 e. The van der Waals surface area contributed by atoms with Crippen LogP contribution in [-0.2, 0) is 19.1 Å². The van der Waals surface area contributed by atoms with Crippen molar-refractivity contribution in [3.05, 3.63) is 24.0 Å². The molecule has 6 heteroatoms. The van der Waals surface area contributed by atoms with Crippen LogP contribution in [-0.4, -0.2) is 24.6 Å². The van der Waals surface area contributed by atoms with Gasteiger partial charge in [0.25, 0.3) is 0 Å². The van der Waals surface area contributed by atoms with Crippen molar-refractivity contribution >= 4 is 11.9 Å². The molecule has 0 radical (unpaired) electrons. The second-order valence-electron chi connectivity index (χ2n) is 9.42. The molecule has 4 nitrogen and oxygen atoms in total. The minimum atomic E-state index is -0.246. The van der Waals surface area contributed by atoms with E-state index in [0.29, 0.717) is 23.7 Å². The third-order valence-corrected chi connectivity index (χ3v) is 8.58. The van der Waals surface area contributed by atoms with Crippen LogP contribution in [0.4, 0.5) is 0 Å². The summed E-state index contributed by atoms with van der Waals surface area (Å²) >= 11 is 0. The monoisotopic (exact) mass is 524 g/mol. The fourth-order valence-corrected chi connectivity index (χ4v) is 7.61. The molecule has 0 amide bonds. The Morgan fingerprint density at radius 1 is 1.14 bits per heavy atom. The fraction of sp³-hybridized carbons (Fsp3) is 0.727. The Morgan fingerprint density at radius 2 is 1.86 bits per heavy atom. The van der Waals surface area contributed by atoms with Gasteiger partial charge in [0.15, 0.2) is 0 Å². The van der Waals surface area contributed by atoms with Gasteiger partial charge in [0.05, 0.1) is 5.92 Å². The number of allylic oxidation sites excluding steroid dienone is 2. The Bertz CT molecular complexity index is 694. The Labute approximate surface area is 265 Å². The normalized spacial score (nSPS) is 46.8. The minimum Gasteiger partial charge on any atom is -0.489 e. The van der Waals surface area contributed by atoms with Crippen molar-refractivity contribution in [2.75, 3.05) is 6.61 Å². The maximum atomic E-state index is 12.9. The standard InChI is InChI=1S/C22H26O4.2Rb/c1-10-14-8-15(20-12-6-5-11(7-12)19(14)20)18(10)22(24)25-9-16-13-3-2-4-17(13)26-21(16)23;;/h5-6,11-17,19-20H,2-4,7-9H2,1H3;;/q-2;2*+1/t11?,12?,13-,14?,15?,16+,17-,19?,20?;;/m1../s1. The second kappa shape index (κ2) is 8.83. The summed E-state index contributed by atoms with van der Waals surface area (Å²) in [7, 11) is 0. The average molecular weight is 525 g/mol. The van der Waals surface area contributed by atoms with E-state index in [0.717, 1.165) is 43.4 Å². The van der Waals surface area contributed by atoms with Gasteiger partial charge in [-0.2, -0.15) is 11.8 Å². The molecule has 9 atom stereocenters. The molecule has 0 N–H and O–H groups in total. The topological polar surface area (TPSA) is 52.6 Å². The summed E-state index contributed by atoms with van der Waals surface area (Å²) in [5.74, 6) is 5.68. The Kier molecular flexibility index (Phi) is 7.36. The predicted molar refractivity (Wildman–Crippen MR) is 93.1 cm³/mol. The number of carbonyl (C=O) groups excluding carboxylic acids is 2. The van der Waals surface area contributed by atoms with Gasteiger partial charge in [0, 0.05) is 5.92 Å². The zero-order valence-corrected chi connectivity index (χ0v) is 27.1. The Balaban J connectivity index is 0.000000961. The van der Waals surface area contributed by atoms with Crippen molar-refractivity contribution in [3.8, 4) is 0 Å². The third kappa shape index (κ3) is 3.40. The molecule has 0 aromatic rings. The van der Waals surface area contributed by atoms with Gasteiger partial charge in [0.1, 0.15) is 18.7 Å². The molecular formula is C22H26O4Rb2. The summed E-state index contributed by atoms with van der Waals surface area (Å²) in [5.41, 5.74) is 0. The van der Waals surface area contributed by atoms with Crippen molar-refractivity contribution in [3.63, 3.8) is 0 Å². The van der Waals surface area contributed by atoms with Gasteiger partial charge >= 0.3 is 122 Å². The van der Waals surface area contributed by atoms with Crippen molar-refractivity contribution < 1.29 is 135 Å². The van der Waals surface area contributed by atoms with Gasteiger partial charge in [-0.1, -0.05) is 24.0 Å². The molecule has 4 saturated carbocycles. The quantitative estimate of drug-likeness (QED) is 0.172. The van der Waals surface area contributed by atoms with Crippen LogP contribution in [0, 0.1) is 59.2 Å². The molecule has 6 unspecified atom stereocenters. The van der Waals surface area contributed by atoms with Crippen molar-refractivity contribution in [2.24, 2.45) is 47.3 Å². The van der Waals surface area contributed by atoms with Crippen LogP contribution < -0.4 is 116 Å². The van der Waals surface area contributed by atoms with E-state index in [1.165, 1.54) is 12.3 Å². The first-order valence-corrected chi connectivity index (χ1v) is 10.4. The molecule has 28 heavy (non-hydrogen) atoms. The second-order valence-corrected chi connectivity index (χ2v) is 9.42. The molecule has 1 heterocycles. The summed E-state index contributed by atoms with van der Waals surface area (Å²) in [6.45, 7) is 2.34. The first kappa shape index (κ1) is 23.3. The molecule has 6 rings (SSSR count). The number of rotatable bonds is 3. The van der Waals surface area contributed by atoms with Gasteiger partial charge < -0.3 is 21.3 Å². The van der Waals surface area contributed by atoms with E-state index in [1.54, 1.807) is 0 Å². The van der Waals surface area contributed by atoms with E-state index >= 15 is 0 Å². The van der Waals surface area contributed by atoms with Crippen LogP contribution >= 0.6 is 0 Å². The van der Waals surface area contributed by atoms with Crippen LogP contribution in [0.2, 0.25) is 0 Å². The molecule has 0 aromatic heterocycles. The fourth-order valence-electron chi connectivity index (χ4n) is 7.61. The van der Waals surface area contributed by atoms with Gasteiger partial charge in [-0.25, -0.2) is 6.92 Å². The molecule has 5 fully saturated rings. The van der Waals surface area contributed by atoms with E-state index < -0.39 is 0 Å². The molecule has 0 spiro atoms. The molecule has 4 bridgehead atoms. The van der Waals surface area contributed by atoms with Crippen LogP contribution in [0.5, 0.6) is 0 Å². The predicted octanol–water partition coefficient (Wildman–Crippen LogP) is -2.86.